The van der Waals surface area contributed by atoms with E-state index in [4.69, 9.17) is 9.47 Å². The predicted molar refractivity (Wildman–Crippen MR) is 191 cm³/mol. The van der Waals surface area contributed by atoms with Crippen LogP contribution in [0.15, 0.2) is 41.3 Å². The second-order valence-corrected chi connectivity index (χ2v) is 16.6. The Morgan fingerprint density at radius 2 is 1.37 bits per heavy atom. The van der Waals surface area contributed by atoms with E-state index in [-0.39, 0.29) is 55.0 Å². The van der Waals surface area contributed by atoms with Gasteiger partial charge in [0.05, 0.1) is 5.69 Å². The molecule has 4 aliphatic rings. The maximum absolute atomic E-state index is 13.1. The van der Waals surface area contributed by atoms with Crippen molar-refractivity contribution in [2.75, 3.05) is 38.0 Å². The largest absolute Gasteiger partial charge is 0.444 e. The third kappa shape index (κ3) is 9.37. The lowest BCUT2D eigenvalue weighted by molar-refractivity contribution is -0.151. The van der Waals surface area contributed by atoms with Gasteiger partial charge in [-0.3, -0.25) is 14.7 Å². The Balaban J connectivity index is 1.05. The zero-order valence-corrected chi connectivity index (χ0v) is 31.0. The molecular weight excluding hydrogens is 656 g/mol. The number of hydrogen-bond donors (Lipinski definition) is 4. The highest BCUT2D eigenvalue weighted by Crippen LogP contribution is 2.66. The Labute approximate surface area is 298 Å². The molecule has 0 spiro atoms. The van der Waals surface area contributed by atoms with Crippen molar-refractivity contribution >= 4 is 29.9 Å². The van der Waals surface area contributed by atoms with E-state index in [0.29, 0.717) is 18.8 Å². The van der Waals surface area contributed by atoms with Crippen molar-refractivity contribution in [3.05, 3.63) is 52.6 Å². The monoisotopic (exact) mass is 708 g/mol. The number of alkyl carbamates (subject to hydrolysis) is 2. The molecule has 4 N–H and O–H groups in total. The number of nitrogens with zero attached hydrogens (tertiary/aromatic N) is 4. The quantitative estimate of drug-likeness (QED) is 0.302. The van der Waals surface area contributed by atoms with E-state index in [1.807, 2.05) is 45.0 Å². The van der Waals surface area contributed by atoms with Gasteiger partial charge in [-0.1, -0.05) is 12.1 Å². The summed E-state index contributed by atoms with van der Waals surface area (Å²) in [6, 6.07) is 8.79. The molecule has 1 aromatic carbocycles. The average molecular weight is 709 g/mol. The third-order valence-electron chi connectivity index (χ3n) is 9.27. The van der Waals surface area contributed by atoms with Crippen LogP contribution in [0.3, 0.4) is 0 Å². The topological polar surface area (TPSA) is 176 Å². The third-order valence-corrected chi connectivity index (χ3v) is 9.27. The summed E-state index contributed by atoms with van der Waals surface area (Å²) < 4.78 is 12.0. The second kappa shape index (κ2) is 13.8. The Kier molecular flexibility index (Phi) is 10.2. The molecule has 0 atom stereocenters. The number of rotatable bonds is 9. The van der Waals surface area contributed by atoms with Gasteiger partial charge < -0.3 is 35.2 Å². The second-order valence-electron chi connectivity index (χ2n) is 16.6. The van der Waals surface area contributed by atoms with Gasteiger partial charge in [0.2, 0.25) is 5.91 Å². The fourth-order valence-corrected chi connectivity index (χ4v) is 6.99. The highest BCUT2D eigenvalue weighted by Gasteiger charge is 2.67. The Morgan fingerprint density at radius 3 is 1.94 bits per heavy atom. The Hall–Kier alpha value is -4.66. The van der Waals surface area contributed by atoms with Crippen LogP contribution in [0.5, 0.6) is 0 Å². The van der Waals surface area contributed by atoms with Crippen LogP contribution in [0.25, 0.3) is 5.69 Å². The smallest absolute Gasteiger partial charge is 0.408 e. The molecule has 1 aromatic heterocycles. The molecule has 3 saturated carbocycles. The van der Waals surface area contributed by atoms with Crippen molar-refractivity contribution in [3.8, 4) is 5.69 Å². The minimum Gasteiger partial charge on any atom is -0.444 e. The molecule has 0 radical (unpaired) electrons. The molecule has 3 aliphatic carbocycles. The lowest BCUT2D eigenvalue weighted by Crippen LogP contribution is -2.76. The maximum atomic E-state index is 13.1. The van der Waals surface area contributed by atoms with Gasteiger partial charge in [-0.15, -0.1) is 0 Å². The molecular formula is C36H52N8O7. The van der Waals surface area contributed by atoms with Crippen LogP contribution in [0.2, 0.25) is 0 Å². The molecule has 0 unspecified atom stereocenters. The molecule has 5 amide bonds. The van der Waals surface area contributed by atoms with Crippen LogP contribution < -0.4 is 27.0 Å². The molecule has 2 aromatic rings. The number of carbonyl (C=O) groups is 4. The number of ether oxygens (including phenoxy) is 2. The van der Waals surface area contributed by atoms with Crippen molar-refractivity contribution in [3.63, 3.8) is 0 Å². The molecule has 4 fully saturated rings. The molecule has 1 saturated heterocycles. The molecule has 51 heavy (non-hydrogen) atoms. The van der Waals surface area contributed by atoms with Crippen LogP contribution in [0.4, 0.5) is 20.2 Å². The first-order chi connectivity index (χ1) is 23.7. The Morgan fingerprint density at radius 1 is 0.804 bits per heavy atom. The summed E-state index contributed by atoms with van der Waals surface area (Å²) in [5.74, 6) is -0.155. The van der Waals surface area contributed by atoms with E-state index in [1.165, 1.54) is 4.57 Å². The SMILES string of the molecule is CC(C)(C)OC(=O)NCC12CC(NCc3ccc(-n4ccc(NC(=O)N5CCN(C(=O)C(C)(C)NC(=O)OC(C)(C)C)CC5)nc4=O)cc3)(C1)C2. The fourth-order valence-electron chi connectivity index (χ4n) is 6.99. The molecule has 15 nitrogen and oxygen atoms in total. The first-order valence-corrected chi connectivity index (χ1v) is 17.4. The summed E-state index contributed by atoms with van der Waals surface area (Å²) in [6.07, 6.45) is 3.56. The highest BCUT2D eigenvalue weighted by molar-refractivity contribution is 5.90. The van der Waals surface area contributed by atoms with E-state index in [9.17, 15) is 24.0 Å². The summed E-state index contributed by atoms with van der Waals surface area (Å²) in [5.41, 5.74) is -0.935. The van der Waals surface area contributed by atoms with Gasteiger partial charge in [0, 0.05) is 51.0 Å². The van der Waals surface area contributed by atoms with Gasteiger partial charge in [-0.05, 0) is 104 Å². The van der Waals surface area contributed by atoms with Crippen molar-refractivity contribution in [2.24, 2.45) is 5.41 Å². The van der Waals surface area contributed by atoms with Gasteiger partial charge in [-0.2, -0.15) is 4.98 Å². The van der Waals surface area contributed by atoms with E-state index < -0.39 is 34.6 Å². The number of urea groups is 1. The number of benzene rings is 1. The summed E-state index contributed by atoms with van der Waals surface area (Å²) in [6.45, 7) is 16.4. The number of carbonyl (C=O) groups excluding carboxylic acids is 4. The Bertz CT molecular complexity index is 1680. The maximum Gasteiger partial charge on any atom is 0.408 e. The zero-order chi connectivity index (χ0) is 37.4. The van der Waals surface area contributed by atoms with Crippen LogP contribution in [0.1, 0.15) is 80.2 Å². The first-order valence-electron chi connectivity index (χ1n) is 17.4. The lowest BCUT2D eigenvalue weighted by Gasteiger charge is -2.71. The van der Waals surface area contributed by atoms with E-state index in [0.717, 1.165) is 24.8 Å². The minimum absolute atomic E-state index is 0.109. The summed E-state index contributed by atoms with van der Waals surface area (Å²) in [4.78, 5) is 70.5. The average Bonchev–Trinajstić information content (AvgIpc) is 2.97. The fraction of sp³-hybridized carbons (Fsp3) is 0.611. The molecule has 15 heteroatoms. The van der Waals surface area contributed by atoms with Crippen molar-refractivity contribution in [1.29, 1.82) is 0 Å². The molecule has 2 bridgehead atoms. The van der Waals surface area contributed by atoms with Crippen molar-refractivity contribution in [1.82, 2.24) is 35.3 Å². The minimum atomic E-state index is -1.19. The summed E-state index contributed by atoms with van der Waals surface area (Å²) >= 11 is 0. The molecule has 2 heterocycles. The highest BCUT2D eigenvalue weighted by atomic mass is 16.6. The van der Waals surface area contributed by atoms with Crippen LogP contribution in [0, 0.1) is 5.41 Å². The number of amides is 5. The zero-order valence-electron chi connectivity index (χ0n) is 31.0. The predicted octanol–water partition coefficient (Wildman–Crippen LogP) is 3.75. The normalized spacial score (nSPS) is 21.5. The van der Waals surface area contributed by atoms with E-state index >= 15 is 0 Å². The lowest BCUT2D eigenvalue weighted by atomic mass is 9.39. The van der Waals surface area contributed by atoms with E-state index in [2.05, 4.69) is 26.3 Å². The van der Waals surface area contributed by atoms with Gasteiger partial charge in [0.25, 0.3) is 0 Å². The molecule has 1 aliphatic heterocycles. The molecule has 6 rings (SSSR count). The first kappa shape index (κ1) is 37.6. The van der Waals surface area contributed by atoms with Gasteiger partial charge in [0.15, 0.2) is 0 Å². The van der Waals surface area contributed by atoms with Crippen LogP contribution >= 0.6 is 0 Å². The number of anilines is 1. The molecule has 278 valence electrons. The number of piperazine rings is 1. The van der Waals surface area contributed by atoms with Gasteiger partial charge >= 0.3 is 23.9 Å². The number of hydrogen-bond acceptors (Lipinski definition) is 9. The van der Waals surface area contributed by atoms with Crippen molar-refractivity contribution in [2.45, 2.75) is 103 Å². The summed E-state index contributed by atoms with van der Waals surface area (Å²) in [5, 5.41) is 11.9. The van der Waals surface area contributed by atoms with Crippen LogP contribution in [-0.2, 0) is 20.8 Å². The number of nitrogens with one attached hydrogen (secondary N) is 4. The summed E-state index contributed by atoms with van der Waals surface area (Å²) in [7, 11) is 0. The van der Waals surface area contributed by atoms with E-state index in [1.54, 1.807) is 56.7 Å². The number of aromatic nitrogens is 2. The van der Waals surface area contributed by atoms with Gasteiger partial charge in [0.1, 0.15) is 22.6 Å². The van der Waals surface area contributed by atoms with Gasteiger partial charge in [-0.25, -0.2) is 19.2 Å². The van der Waals surface area contributed by atoms with Crippen LogP contribution in [-0.4, -0.2) is 98.5 Å². The standard InChI is InChI=1S/C36H52N8O7/c1-32(2,3)50-30(48)37-23-35-20-36(21-35,22-35)38-19-24-9-11-25(12-10-24)44-14-13-26(40-29(44)47)39-28(46)43-17-15-42(16-18-43)27(45)34(7,8)41-31(49)51-33(4,5)6/h9-14,38H,15-23H2,1-8H3,(H,37,48)(H,41,49)(H,39,40,46,47). The van der Waals surface area contributed by atoms with Crippen molar-refractivity contribution < 1.29 is 28.7 Å².